The lowest BCUT2D eigenvalue weighted by Gasteiger charge is -2.31. The maximum atomic E-state index is 12.1. The van der Waals surface area contributed by atoms with Crippen molar-refractivity contribution in [1.29, 1.82) is 0 Å². The van der Waals surface area contributed by atoms with E-state index in [4.69, 9.17) is 0 Å². The van der Waals surface area contributed by atoms with Crippen LogP contribution in [0.4, 0.5) is 0 Å². The molecule has 1 N–H and O–H groups in total. The molecule has 2 rings (SSSR count). The third-order valence-electron chi connectivity index (χ3n) is 3.12. The molecule has 0 spiro atoms. The molecule has 0 aromatic carbocycles. The molecule has 1 unspecified atom stereocenters. The lowest BCUT2D eigenvalue weighted by Crippen LogP contribution is -2.50. The Morgan fingerprint density at radius 3 is 2.75 bits per heavy atom. The van der Waals surface area contributed by atoms with Gasteiger partial charge in [-0.3, -0.25) is 14.5 Å². The highest BCUT2D eigenvalue weighted by Gasteiger charge is 2.48. The van der Waals surface area contributed by atoms with Crippen LogP contribution in [0.15, 0.2) is 23.8 Å². The number of carbonyl (C=O) groups excluding carboxylic acids is 2. The van der Waals surface area contributed by atoms with E-state index in [1.165, 1.54) is 4.90 Å². The molecule has 0 saturated carbocycles. The van der Waals surface area contributed by atoms with Crippen molar-refractivity contribution < 1.29 is 14.7 Å². The first-order valence-electron chi connectivity index (χ1n) is 5.35. The smallest absolute Gasteiger partial charge is 0.257 e. The van der Waals surface area contributed by atoms with Gasteiger partial charge >= 0.3 is 0 Å². The minimum atomic E-state index is -0.827. The molecule has 4 heteroatoms. The first-order chi connectivity index (χ1) is 7.49. The zero-order valence-corrected chi connectivity index (χ0v) is 9.43. The van der Waals surface area contributed by atoms with Crippen molar-refractivity contribution in [3.63, 3.8) is 0 Å². The van der Waals surface area contributed by atoms with E-state index in [-0.39, 0.29) is 24.3 Å². The van der Waals surface area contributed by atoms with Crippen LogP contribution in [0, 0.1) is 5.92 Å². The summed E-state index contributed by atoms with van der Waals surface area (Å²) >= 11 is 0. The second-order valence-electron chi connectivity index (χ2n) is 4.79. The fraction of sp³-hybridized carbons (Fsp3) is 0.500. The van der Waals surface area contributed by atoms with Crippen LogP contribution in [-0.2, 0) is 9.59 Å². The molecule has 2 aliphatic rings. The Hall–Kier alpha value is -1.42. The van der Waals surface area contributed by atoms with Crippen LogP contribution in [-0.4, -0.2) is 34.0 Å². The Kier molecular flexibility index (Phi) is 2.46. The predicted molar refractivity (Wildman–Crippen MR) is 58.3 cm³/mol. The van der Waals surface area contributed by atoms with Crippen molar-refractivity contribution >= 4 is 11.8 Å². The normalized spacial score (nSPS) is 24.8. The van der Waals surface area contributed by atoms with Crippen molar-refractivity contribution in [1.82, 2.24) is 4.90 Å². The molecule has 1 heterocycles. The SMILES string of the molecule is CC(C)(CO)N1C(=O)C2=CC=CCC2C1=O. The van der Waals surface area contributed by atoms with E-state index in [0.717, 1.165) is 0 Å². The van der Waals surface area contributed by atoms with Gasteiger partial charge in [-0.15, -0.1) is 0 Å². The predicted octanol–water partition coefficient (Wildman–Crippen LogP) is 0.629. The summed E-state index contributed by atoms with van der Waals surface area (Å²) in [6.07, 6.45) is 5.96. The lowest BCUT2D eigenvalue weighted by atomic mass is 9.94. The van der Waals surface area contributed by atoms with Gasteiger partial charge in [0.1, 0.15) is 0 Å². The van der Waals surface area contributed by atoms with Crippen LogP contribution < -0.4 is 0 Å². The molecule has 1 aliphatic heterocycles. The Labute approximate surface area is 94.2 Å². The number of nitrogens with zero attached hydrogens (tertiary/aromatic N) is 1. The van der Waals surface area contributed by atoms with Gasteiger partial charge in [-0.1, -0.05) is 18.2 Å². The van der Waals surface area contributed by atoms with Crippen LogP contribution in [0.5, 0.6) is 0 Å². The van der Waals surface area contributed by atoms with Crippen LogP contribution >= 0.6 is 0 Å². The van der Waals surface area contributed by atoms with Crippen molar-refractivity contribution in [3.05, 3.63) is 23.8 Å². The standard InChI is InChI=1S/C12H15NO3/c1-12(2,7-14)13-10(15)8-5-3-4-6-9(8)11(13)16/h3-5,9,14H,6-7H2,1-2H3. The van der Waals surface area contributed by atoms with Gasteiger partial charge in [0.25, 0.3) is 5.91 Å². The number of allylic oxidation sites excluding steroid dienone is 3. The topological polar surface area (TPSA) is 57.6 Å². The van der Waals surface area contributed by atoms with Gasteiger partial charge in [0, 0.05) is 5.57 Å². The number of rotatable bonds is 2. The van der Waals surface area contributed by atoms with Crippen LogP contribution in [0.25, 0.3) is 0 Å². The molecule has 16 heavy (non-hydrogen) atoms. The minimum absolute atomic E-state index is 0.195. The van der Waals surface area contributed by atoms with Gasteiger partial charge < -0.3 is 5.11 Å². The maximum absolute atomic E-state index is 12.1. The summed E-state index contributed by atoms with van der Waals surface area (Å²) in [5.41, 5.74) is -0.277. The number of likely N-dealkylation sites (tertiary alicyclic amines) is 1. The molecule has 4 nitrogen and oxygen atoms in total. The third kappa shape index (κ3) is 1.41. The second kappa shape index (κ2) is 3.56. The average molecular weight is 221 g/mol. The number of hydrogen-bond donors (Lipinski definition) is 1. The molecule has 86 valence electrons. The van der Waals surface area contributed by atoms with E-state index in [9.17, 15) is 14.7 Å². The molecule has 2 amide bonds. The fourth-order valence-corrected chi connectivity index (χ4v) is 2.11. The van der Waals surface area contributed by atoms with Gasteiger partial charge in [0.15, 0.2) is 0 Å². The average Bonchev–Trinajstić information content (AvgIpc) is 2.53. The van der Waals surface area contributed by atoms with E-state index in [2.05, 4.69) is 0 Å². The fourth-order valence-electron chi connectivity index (χ4n) is 2.11. The Morgan fingerprint density at radius 1 is 1.50 bits per heavy atom. The number of imide groups is 1. The first kappa shape index (κ1) is 11.1. The van der Waals surface area contributed by atoms with Gasteiger partial charge in [-0.2, -0.15) is 0 Å². The van der Waals surface area contributed by atoms with E-state index < -0.39 is 5.54 Å². The molecule has 0 bridgehead atoms. The Morgan fingerprint density at radius 2 is 2.19 bits per heavy atom. The quantitative estimate of drug-likeness (QED) is 0.696. The van der Waals surface area contributed by atoms with Crippen molar-refractivity contribution in [3.8, 4) is 0 Å². The monoisotopic (exact) mass is 221 g/mol. The Balaban J connectivity index is 2.39. The molecule has 1 atom stereocenters. The second-order valence-corrected chi connectivity index (χ2v) is 4.79. The molecule has 1 aliphatic carbocycles. The third-order valence-corrected chi connectivity index (χ3v) is 3.12. The highest BCUT2D eigenvalue weighted by Crippen LogP contribution is 2.35. The molecule has 0 aromatic rings. The van der Waals surface area contributed by atoms with Crippen molar-refractivity contribution in [2.75, 3.05) is 6.61 Å². The molecule has 1 fully saturated rings. The summed E-state index contributed by atoms with van der Waals surface area (Å²) < 4.78 is 0. The molecular weight excluding hydrogens is 206 g/mol. The summed E-state index contributed by atoms with van der Waals surface area (Å²) in [6.45, 7) is 3.15. The summed E-state index contributed by atoms with van der Waals surface area (Å²) in [6, 6.07) is 0. The number of amides is 2. The van der Waals surface area contributed by atoms with Gasteiger partial charge in [-0.05, 0) is 20.3 Å². The number of hydrogen-bond acceptors (Lipinski definition) is 3. The highest BCUT2D eigenvalue weighted by molar-refractivity contribution is 6.15. The summed E-state index contributed by atoms with van der Waals surface area (Å²) in [5.74, 6) is -0.804. The van der Waals surface area contributed by atoms with Crippen LogP contribution in [0.3, 0.4) is 0 Å². The molecule has 1 saturated heterocycles. The highest BCUT2D eigenvalue weighted by atomic mass is 16.3. The van der Waals surface area contributed by atoms with Crippen LogP contribution in [0.1, 0.15) is 20.3 Å². The van der Waals surface area contributed by atoms with E-state index >= 15 is 0 Å². The summed E-state index contributed by atoms with van der Waals surface area (Å²) in [4.78, 5) is 25.3. The molecule has 0 radical (unpaired) electrons. The van der Waals surface area contributed by atoms with Crippen molar-refractivity contribution in [2.45, 2.75) is 25.8 Å². The maximum Gasteiger partial charge on any atom is 0.257 e. The lowest BCUT2D eigenvalue weighted by molar-refractivity contribution is -0.146. The summed E-state index contributed by atoms with van der Waals surface area (Å²) in [5, 5.41) is 9.24. The van der Waals surface area contributed by atoms with E-state index in [1.54, 1.807) is 26.0 Å². The van der Waals surface area contributed by atoms with Crippen molar-refractivity contribution in [2.24, 2.45) is 5.92 Å². The van der Waals surface area contributed by atoms with Gasteiger partial charge in [0.05, 0.1) is 18.1 Å². The molecule has 0 aromatic heterocycles. The minimum Gasteiger partial charge on any atom is -0.394 e. The van der Waals surface area contributed by atoms with E-state index in [1.807, 2.05) is 6.08 Å². The number of aliphatic hydroxyl groups excluding tert-OH is 1. The van der Waals surface area contributed by atoms with Gasteiger partial charge in [0.2, 0.25) is 5.91 Å². The number of fused-ring (bicyclic) bond motifs is 1. The first-order valence-corrected chi connectivity index (χ1v) is 5.35. The van der Waals surface area contributed by atoms with E-state index in [0.29, 0.717) is 12.0 Å². The van der Waals surface area contributed by atoms with Crippen LogP contribution in [0.2, 0.25) is 0 Å². The Bertz CT molecular complexity index is 406. The zero-order valence-electron chi connectivity index (χ0n) is 9.43. The number of aliphatic hydroxyl groups is 1. The number of carbonyl (C=O) groups is 2. The zero-order chi connectivity index (χ0) is 11.9. The largest absolute Gasteiger partial charge is 0.394 e. The van der Waals surface area contributed by atoms with Gasteiger partial charge in [-0.25, -0.2) is 0 Å². The summed E-state index contributed by atoms with van der Waals surface area (Å²) in [7, 11) is 0. The molecular formula is C12H15NO3.